The molecule has 0 aliphatic carbocycles. The Kier molecular flexibility index (Phi) is 6.86. The fraction of sp³-hybridized carbons (Fsp3) is 0.316. The fourth-order valence-electron chi connectivity index (χ4n) is 3.03. The van der Waals surface area contributed by atoms with E-state index in [1.54, 1.807) is 35.2 Å². The van der Waals surface area contributed by atoms with Gasteiger partial charge in [0.15, 0.2) is 0 Å². The number of halogens is 1. The lowest BCUT2D eigenvalue weighted by Crippen LogP contribution is -2.52. The molecule has 8 heteroatoms. The monoisotopic (exact) mass is 409 g/mol. The summed E-state index contributed by atoms with van der Waals surface area (Å²) in [6.07, 6.45) is 0. The Bertz CT molecular complexity index is 918. The van der Waals surface area contributed by atoms with Crippen LogP contribution in [0, 0.1) is 6.92 Å². The van der Waals surface area contributed by atoms with Crippen molar-refractivity contribution >= 4 is 34.0 Å². The van der Waals surface area contributed by atoms with Crippen LogP contribution >= 0.6 is 12.4 Å². The van der Waals surface area contributed by atoms with Crippen LogP contribution in [-0.4, -0.2) is 44.9 Å². The Morgan fingerprint density at radius 1 is 1.19 bits per heavy atom. The fourth-order valence-corrected chi connectivity index (χ4v) is 4.12. The summed E-state index contributed by atoms with van der Waals surface area (Å²) < 4.78 is 27.9. The molecule has 3 rings (SSSR count). The quantitative estimate of drug-likeness (QED) is 0.813. The number of hydrogen-bond donors (Lipinski definition) is 2. The molecule has 146 valence electrons. The van der Waals surface area contributed by atoms with E-state index in [0.717, 1.165) is 18.7 Å². The van der Waals surface area contributed by atoms with Crippen LogP contribution in [-0.2, 0) is 10.0 Å². The van der Waals surface area contributed by atoms with Crippen LogP contribution in [0.1, 0.15) is 22.8 Å². The van der Waals surface area contributed by atoms with E-state index in [-0.39, 0.29) is 29.3 Å². The molecule has 1 heterocycles. The van der Waals surface area contributed by atoms with Gasteiger partial charge in [-0.2, -0.15) is 0 Å². The first-order valence-corrected chi connectivity index (χ1v) is 10.1. The van der Waals surface area contributed by atoms with Crippen molar-refractivity contribution in [3.05, 3.63) is 59.7 Å². The number of carbonyl (C=O) groups excluding carboxylic acids is 1. The minimum absolute atomic E-state index is 0. The maximum atomic E-state index is 12.8. The van der Waals surface area contributed by atoms with Gasteiger partial charge in [-0.25, -0.2) is 8.42 Å². The Morgan fingerprint density at radius 2 is 1.93 bits per heavy atom. The Balaban J connectivity index is 0.00000261. The second kappa shape index (κ2) is 8.73. The third-order valence-electron chi connectivity index (χ3n) is 4.42. The molecule has 1 fully saturated rings. The molecular formula is C19H24ClN3O3S. The van der Waals surface area contributed by atoms with Crippen molar-refractivity contribution in [3.63, 3.8) is 0 Å². The highest BCUT2D eigenvalue weighted by molar-refractivity contribution is 7.92. The summed E-state index contributed by atoms with van der Waals surface area (Å²) in [4.78, 5) is 14.6. The molecule has 2 aromatic rings. The van der Waals surface area contributed by atoms with Crippen molar-refractivity contribution in [2.75, 3.05) is 24.4 Å². The summed E-state index contributed by atoms with van der Waals surface area (Å²) >= 11 is 0. The van der Waals surface area contributed by atoms with Crippen LogP contribution in [0.4, 0.5) is 5.69 Å². The Morgan fingerprint density at radius 3 is 2.63 bits per heavy atom. The Hall–Kier alpha value is -2.09. The van der Waals surface area contributed by atoms with Gasteiger partial charge in [0, 0.05) is 36.9 Å². The third kappa shape index (κ3) is 5.00. The van der Waals surface area contributed by atoms with Crippen molar-refractivity contribution in [1.29, 1.82) is 0 Å². The average molecular weight is 410 g/mol. The molecule has 1 aliphatic rings. The number of anilines is 1. The number of amides is 1. The molecule has 0 spiro atoms. The van der Waals surface area contributed by atoms with E-state index in [1.807, 2.05) is 19.9 Å². The zero-order valence-corrected chi connectivity index (χ0v) is 16.9. The van der Waals surface area contributed by atoms with E-state index in [4.69, 9.17) is 0 Å². The molecule has 1 saturated heterocycles. The third-order valence-corrected chi connectivity index (χ3v) is 5.80. The molecule has 0 aromatic heterocycles. The maximum Gasteiger partial charge on any atom is 0.261 e. The standard InChI is InChI=1S/C19H23N3O3S.ClH/c1-14-5-3-7-17(11-14)21-26(24,25)18-8-4-6-16(12-18)19(23)22-10-9-20-13-15(22)2;/h3-8,11-12,15,20-21H,9-10,13H2,1-2H3;1H/t15-;/m1./s1. The summed E-state index contributed by atoms with van der Waals surface area (Å²) in [5.41, 5.74) is 1.84. The van der Waals surface area contributed by atoms with Crippen LogP contribution in [0.5, 0.6) is 0 Å². The van der Waals surface area contributed by atoms with Crippen LogP contribution in [0.3, 0.4) is 0 Å². The lowest BCUT2D eigenvalue weighted by Gasteiger charge is -2.34. The van der Waals surface area contributed by atoms with E-state index in [2.05, 4.69) is 10.0 Å². The first-order chi connectivity index (χ1) is 12.4. The van der Waals surface area contributed by atoms with Crippen molar-refractivity contribution in [2.24, 2.45) is 0 Å². The molecule has 1 amide bonds. The highest BCUT2D eigenvalue weighted by Gasteiger charge is 2.25. The average Bonchev–Trinajstić information content (AvgIpc) is 2.61. The van der Waals surface area contributed by atoms with Gasteiger partial charge in [0.1, 0.15) is 0 Å². The summed E-state index contributed by atoms with van der Waals surface area (Å²) in [6, 6.07) is 13.4. The van der Waals surface area contributed by atoms with Gasteiger partial charge in [0.2, 0.25) is 0 Å². The van der Waals surface area contributed by atoms with Crippen LogP contribution in [0.25, 0.3) is 0 Å². The summed E-state index contributed by atoms with van der Waals surface area (Å²) in [5, 5.41) is 3.24. The molecule has 0 unspecified atom stereocenters. The van der Waals surface area contributed by atoms with Gasteiger partial charge in [0.05, 0.1) is 4.90 Å². The minimum Gasteiger partial charge on any atom is -0.333 e. The smallest absolute Gasteiger partial charge is 0.261 e. The number of nitrogens with zero attached hydrogens (tertiary/aromatic N) is 1. The molecule has 2 aromatic carbocycles. The van der Waals surface area contributed by atoms with E-state index in [9.17, 15) is 13.2 Å². The predicted molar refractivity (Wildman–Crippen MR) is 109 cm³/mol. The second-order valence-corrected chi connectivity index (χ2v) is 8.24. The lowest BCUT2D eigenvalue weighted by atomic mass is 10.1. The van der Waals surface area contributed by atoms with Crippen molar-refractivity contribution in [3.8, 4) is 0 Å². The second-order valence-electron chi connectivity index (χ2n) is 6.55. The molecule has 6 nitrogen and oxygen atoms in total. The van der Waals surface area contributed by atoms with Crippen molar-refractivity contribution in [1.82, 2.24) is 10.2 Å². The molecular weight excluding hydrogens is 386 g/mol. The van der Waals surface area contributed by atoms with Gasteiger partial charge >= 0.3 is 0 Å². The van der Waals surface area contributed by atoms with Crippen molar-refractivity contribution < 1.29 is 13.2 Å². The molecule has 0 saturated carbocycles. The molecule has 0 bridgehead atoms. The molecule has 27 heavy (non-hydrogen) atoms. The molecule has 0 radical (unpaired) electrons. The van der Waals surface area contributed by atoms with Crippen LogP contribution in [0.2, 0.25) is 0 Å². The molecule has 1 aliphatic heterocycles. The molecule has 2 N–H and O–H groups in total. The topological polar surface area (TPSA) is 78.5 Å². The number of hydrogen-bond acceptors (Lipinski definition) is 4. The summed E-state index contributed by atoms with van der Waals surface area (Å²) in [7, 11) is -3.76. The van der Waals surface area contributed by atoms with Crippen LogP contribution in [0.15, 0.2) is 53.4 Å². The zero-order chi connectivity index (χ0) is 18.7. The highest BCUT2D eigenvalue weighted by atomic mass is 35.5. The number of piperazine rings is 1. The van der Waals surface area contributed by atoms with Gasteiger partial charge < -0.3 is 10.2 Å². The minimum atomic E-state index is -3.76. The number of sulfonamides is 1. The zero-order valence-electron chi connectivity index (χ0n) is 15.3. The lowest BCUT2D eigenvalue weighted by molar-refractivity contribution is 0.0655. The van der Waals surface area contributed by atoms with E-state index in [1.165, 1.54) is 12.1 Å². The number of carbonyl (C=O) groups is 1. The number of nitrogens with one attached hydrogen (secondary N) is 2. The van der Waals surface area contributed by atoms with E-state index < -0.39 is 10.0 Å². The Labute approximate surface area is 166 Å². The first kappa shape index (κ1) is 21.2. The van der Waals surface area contributed by atoms with Gasteiger partial charge in [-0.05, 0) is 49.7 Å². The first-order valence-electron chi connectivity index (χ1n) is 8.58. The largest absolute Gasteiger partial charge is 0.333 e. The van der Waals surface area contributed by atoms with E-state index in [0.29, 0.717) is 17.8 Å². The van der Waals surface area contributed by atoms with Gasteiger partial charge in [-0.1, -0.05) is 18.2 Å². The van der Waals surface area contributed by atoms with Crippen molar-refractivity contribution in [2.45, 2.75) is 24.8 Å². The maximum absolute atomic E-state index is 12.8. The number of benzene rings is 2. The number of rotatable bonds is 4. The van der Waals surface area contributed by atoms with Gasteiger partial charge in [0.25, 0.3) is 15.9 Å². The van der Waals surface area contributed by atoms with Gasteiger partial charge in [-0.3, -0.25) is 9.52 Å². The summed E-state index contributed by atoms with van der Waals surface area (Å²) in [5.74, 6) is -0.147. The van der Waals surface area contributed by atoms with Crippen LogP contribution < -0.4 is 10.0 Å². The highest BCUT2D eigenvalue weighted by Crippen LogP contribution is 2.19. The number of aryl methyl sites for hydroxylation is 1. The van der Waals surface area contributed by atoms with Gasteiger partial charge in [-0.15, -0.1) is 12.4 Å². The van der Waals surface area contributed by atoms with E-state index >= 15 is 0 Å². The summed E-state index contributed by atoms with van der Waals surface area (Å²) in [6.45, 7) is 5.95. The SMILES string of the molecule is Cc1cccc(NS(=O)(=O)c2cccc(C(=O)N3CCNC[C@H]3C)c2)c1.Cl. The molecule has 1 atom stereocenters. The predicted octanol–water partition coefficient (Wildman–Crippen LogP) is 2.65. The normalized spacial score (nSPS) is 17.1.